The zero-order chi connectivity index (χ0) is 21.7. The van der Waals surface area contributed by atoms with Gasteiger partial charge in [0.05, 0.1) is 34.7 Å². The van der Waals surface area contributed by atoms with Crippen molar-refractivity contribution in [2.75, 3.05) is 4.90 Å². The molecule has 154 valence electrons. The van der Waals surface area contributed by atoms with Gasteiger partial charge in [-0.2, -0.15) is 18.4 Å². The Balaban J connectivity index is 1.84. The van der Waals surface area contributed by atoms with Gasteiger partial charge in [0.25, 0.3) is 0 Å². The largest absolute Gasteiger partial charge is 0.417 e. The molecular weight excluding hydrogens is 400 g/mol. The molecule has 11 heteroatoms. The smallest absolute Gasteiger partial charge is 0.361 e. The third-order valence-corrected chi connectivity index (χ3v) is 6.22. The van der Waals surface area contributed by atoms with Gasteiger partial charge < -0.3 is 14.9 Å². The SMILES string of the molecule is C[C@@]12O[C@@](C)([C@H]3C(=O)N(c4ccc(C#N)c(C(F)(F)F)c4)C(=O)[C@H]31)C(O)(O)[C@@H]2F. The fraction of sp³-hybridized carbons (Fsp3) is 0.500. The number of carbonyl (C=O) groups is 2. The van der Waals surface area contributed by atoms with Crippen LogP contribution in [0.3, 0.4) is 0 Å². The van der Waals surface area contributed by atoms with Crippen LogP contribution in [0.15, 0.2) is 18.2 Å². The Kier molecular flexibility index (Phi) is 3.63. The first kappa shape index (κ1) is 19.8. The summed E-state index contributed by atoms with van der Waals surface area (Å²) >= 11 is 0. The van der Waals surface area contributed by atoms with Gasteiger partial charge in [-0.1, -0.05) is 0 Å². The Bertz CT molecular complexity index is 1000. The quantitative estimate of drug-likeness (QED) is 0.407. The molecule has 7 nitrogen and oxygen atoms in total. The van der Waals surface area contributed by atoms with Crippen LogP contribution in [0, 0.1) is 23.2 Å². The van der Waals surface area contributed by atoms with E-state index in [2.05, 4.69) is 0 Å². The maximum atomic E-state index is 14.7. The maximum Gasteiger partial charge on any atom is 0.417 e. The average Bonchev–Trinajstić information content (AvgIpc) is 3.09. The summed E-state index contributed by atoms with van der Waals surface area (Å²) in [7, 11) is 0. The normalized spacial score (nSPS) is 37.8. The summed E-state index contributed by atoms with van der Waals surface area (Å²) in [6.07, 6.45) is -7.34. The van der Waals surface area contributed by atoms with E-state index in [0.29, 0.717) is 11.0 Å². The number of nitrogens with zero attached hydrogens (tertiary/aromatic N) is 2. The van der Waals surface area contributed by atoms with E-state index in [1.165, 1.54) is 6.07 Å². The predicted octanol–water partition coefficient (Wildman–Crippen LogP) is 1.26. The molecule has 3 saturated heterocycles. The van der Waals surface area contributed by atoms with Gasteiger partial charge in [-0.15, -0.1) is 0 Å². The van der Waals surface area contributed by atoms with Gasteiger partial charge in [-0.3, -0.25) is 9.59 Å². The summed E-state index contributed by atoms with van der Waals surface area (Å²) in [6, 6.07) is 3.70. The molecule has 2 N–H and O–H groups in total. The molecule has 2 amide bonds. The van der Waals surface area contributed by atoms with Crippen molar-refractivity contribution in [1.82, 2.24) is 0 Å². The van der Waals surface area contributed by atoms with Gasteiger partial charge >= 0.3 is 6.18 Å². The van der Waals surface area contributed by atoms with Crippen LogP contribution in [-0.4, -0.2) is 45.2 Å². The number of alkyl halides is 4. The third kappa shape index (κ3) is 2.11. The molecule has 3 aliphatic heterocycles. The Morgan fingerprint density at radius 1 is 1.17 bits per heavy atom. The molecule has 0 saturated carbocycles. The van der Waals surface area contributed by atoms with E-state index in [1.54, 1.807) is 0 Å². The van der Waals surface area contributed by atoms with E-state index in [-0.39, 0.29) is 0 Å². The van der Waals surface area contributed by atoms with Crippen LogP contribution < -0.4 is 4.90 Å². The highest BCUT2D eigenvalue weighted by molar-refractivity contribution is 6.23. The van der Waals surface area contributed by atoms with E-state index in [9.17, 15) is 37.4 Å². The number of benzene rings is 1. The van der Waals surface area contributed by atoms with Crippen LogP contribution in [0.1, 0.15) is 25.0 Å². The summed E-state index contributed by atoms with van der Waals surface area (Å²) in [5, 5.41) is 29.3. The van der Waals surface area contributed by atoms with Crippen LogP contribution in [-0.2, 0) is 20.5 Å². The van der Waals surface area contributed by atoms with E-state index in [0.717, 1.165) is 26.0 Å². The minimum Gasteiger partial charge on any atom is -0.361 e. The van der Waals surface area contributed by atoms with Gasteiger partial charge in [0.2, 0.25) is 17.6 Å². The molecule has 4 rings (SSSR count). The number of amides is 2. The van der Waals surface area contributed by atoms with Gasteiger partial charge in [0.15, 0.2) is 6.17 Å². The standard InChI is InChI=1S/C18H14F4N2O5/c1-15-10-11(16(2,29-15)17(27,28)14(15)19)13(26)24(12(10)25)8-4-3-7(6-23)9(5-8)18(20,21)22/h3-5,10-11,14,27-28H,1-2H3/t10-,11+,14+,15+,16-/m0/s1. The van der Waals surface area contributed by atoms with Gasteiger partial charge in [-0.05, 0) is 32.0 Å². The molecule has 1 aromatic carbocycles. The Morgan fingerprint density at radius 3 is 2.31 bits per heavy atom. The Hall–Kier alpha value is -2.55. The van der Waals surface area contributed by atoms with Crippen molar-refractivity contribution in [2.24, 2.45) is 11.8 Å². The highest BCUT2D eigenvalue weighted by Gasteiger charge is 2.85. The molecule has 3 heterocycles. The number of aliphatic hydroxyl groups is 2. The molecule has 3 aliphatic rings. The van der Waals surface area contributed by atoms with Crippen molar-refractivity contribution in [2.45, 2.75) is 43.2 Å². The van der Waals surface area contributed by atoms with E-state index in [1.807, 2.05) is 0 Å². The van der Waals surface area contributed by atoms with E-state index >= 15 is 0 Å². The second kappa shape index (κ2) is 5.33. The fourth-order valence-electron chi connectivity index (χ4n) is 4.81. The number of imide groups is 1. The number of hydrogen-bond acceptors (Lipinski definition) is 6. The lowest BCUT2D eigenvalue weighted by Crippen LogP contribution is -2.64. The van der Waals surface area contributed by atoms with Crippen molar-refractivity contribution in [1.29, 1.82) is 5.26 Å². The molecule has 0 spiro atoms. The van der Waals surface area contributed by atoms with Gasteiger partial charge in [-0.25, -0.2) is 9.29 Å². The summed E-state index contributed by atoms with van der Waals surface area (Å²) in [4.78, 5) is 26.4. The number of rotatable bonds is 1. The molecule has 0 aromatic heterocycles. The van der Waals surface area contributed by atoms with Gasteiger partial charge in [0.1, 0.15) is 11.2 Å². The molecule has 29 heavy (non-hydrogen) atoms. The number of anilines is 1. The average molecular weight is 414 g/mol. The summed E-state index contributed by atoms with van der Waals surface area (Å²) in [5.74, 6) is -8.08. The molecule has 1 aromatic rings. The fourth-order valence-corrected chi connectivity index (χ4v) is 4.81. The van der Waals surface area contributed by atoms with Crippen LogP contribution in [0.5, 0.6) is 0 Å². The molecular formula is C18H14F4N2O5. The molecule has 3 fully saturated rings. The van der Waals surface area contributed by atoms with Crippen LogP contribution in [0.25, 0.3) is 0 Å². The van der Waals surface area contributed by atoms with Crippen LogP contribution in [0.4, 0.5) is 23.2 Å². The summed E-state index contributed by atoms with van der Waals surface area (Å²) in [5.41, 5.74) is -6.72. The number of halogens is 4. The Morgan fingerprint density at radius 2 is 1.76 bits per heavy atom. The summed E-state index contributed by atoms with van der Waals surface area (Å²) < 4.78 is 59.9. The first-order chi connectivity index (χ1) is 13.2. The van der Waals surface area contributed by atoms with Crippen molar-refractivity contribution in [3.05, 3.63) is 29.3 Å². The first-order valence-corrected chi connectivity index (χ1v) is 8.50. The molecule has 2 bridgehead atoms. The lowest BCUT2D eigenvalue weighted by molar-refractivity contribution is -0.266. The topological polar surface area (TPSA) is 111 Å². The molecule has 0 aliphatic carbocycles. The van der Waals surface area contributed by atoms with Crippen molar-refractivity contribution in [3.63, 3.8) is 0 Å². The van der Waals surface area contributed by atoms with Crippen molar-refractivity contribution < 1.29 is 42.1 Å². The third-order valence-electron chi connectivity index (χ3n) is 6.22. The monoisotopic (exact) mass is 414 g/mol. The number of nitriles is 1. The number of fused-ring (bicyclic) bond motifs is 5. The zero-order valence-electron chi connectivity index (χ0n) is 15.0. The number of carbonyl (C=O) groups excluding carboxylic acids is 2. The summed E-state index contributed by atoms with van der Waals surface area (Å²) in [6.45, 7) is 2.19. The molecule has 0 unspecified atom stereocenters. The highest BCUT2D eigenvalue weighted by atomic mass is 19.4. The maximum absolute atomic E-state index is 14.7. The second-order valence-corrected chi connectivity index (χ2v) is 7.79. The predicted molar refractivity (Wildman–Crippen MR) is 85.6 cm³/mol. The Labute approximate surface area is 161 Å². The lowest BCUT2D eigenvalue weighted by Gasteiger charge is -2.40. The minimum atomic E-state index is -4.92. The minimum absolute atomic E-state index is 0.454. The van der Waals surface area contributed by atoms with Crippen LogP contribution >= 0.6 is 0 Å². The number of ether oxygens (including phenoxy) is 1. The zero-order valence-corrected chi connectivity index (χ0v) is 15.0. The highest BCUT2D eigenvalue weighted by Crippen LogP contribution is 2.64. The second-order valence-electron chi connectivity index (χ2n) is 7.79. The van der Waals surface area contributed by atoms with Crippen LogP contribution in [0.2, 0.25) is 0 Å². The first-order valence-electron chi connectivity index (χ1n) is 8.50. The van der Waals surface area contributed by atoms with E-state index < -0.39 is 69.8 Å². The van der Waals surface area contributed by atoms with E-state index in [4.69, 9.17) is 10.00 Å². The lowest BCUT2D eigenvalue weighted by atomic mass is 9.65. The van der Waals surface area contributed by atoms with Gasteiger partial charge in [0, 0.05) is 0 Å². The van der Waals surface area contributed by atoms with Crippen molar-refractivity contribution >= 4 is 17.5 Å². The number of hydrogen-bond donors (Lipinski definition) is 2. The molecule has 0 radical (unpaired) electrons. The van der Waals surface area contributed by atoms with Crippen molar-refractivity contribution in [3.8, 4) is 6.07 Å². The molecule has 5 atom stereocenters.